The molecule has 5 heteroatoms. The van der Waals surface area contributed by atoms with Crippen molar-refractivity contribution < 1.29 is 18.7 Å². The number of carbonyl (C=O) groups excluding carboxylic acids is 1. The summed E-state index contributed by atoms with van der Waals surface area (Å²) in [5.74, 6) is -2.89. The fraction of sp³-hybridized carbons (Fsp3) is 0.500. The van der Waals surface area contributed by atoms with E-state index in [4.69, 9.17) is 5.11 Å². The van der Waals surface area contributed by atoms with Gasteiger partial charge < -0.3 is 10.4 Å². The largest absolute Gasteiger partial charge is 0.396 e. The molecule has 2 N–H and O–H groups in total. The Kier molecular flexibility index (Phi) is 5.00. The summed E-state index contributed by atoms with van der Waals surface area (Å²) < 4.78 is 26.6. The molecule has 0 radical (unpaired) electrons. The Labute approximate surface area is 111 Å². The van der Waals surface area contributed by atoms with Gasteiger partial charge in [0.15, 0.2) is 11.6 Å². The first-order valence-corrected chi connectivity index (χ1v) is 6.13. The zero-order valence-corrected chi connectivity index (χ0v) is 11.3. The first-order chi connectivity index (χ1) is 8.77. The number of carbonyl (C=O) groups is 1. The fourth-order valence-corrected chi connectivity index (χ4v) is 1.77. The second-order valence-corrected chi connectivity index (χ2v) is 5.51. The summed E-state index contributed by atoms with van der Waals surface area (Å²) in [5, 5.41) is 11.6. The van der Waals surface area contributed by atoms with E-state index in [2.05, 4.69) is 5.32 Å². The van der Waals surface area contributed by atoms with Crippen molar-refractivity contribution in [1.29, 1.82) is 0 Å². The average Bonchev–Trinajstić information content (AvgIpc) is 2.30. The molecule has 0 aliphatic carbocycles. The molecular formula is C14H19F2NO2. The Hall–Kier alpha value is -1.49. The molecule has 0 fully saturated rings. The zero-order valence-electron chi connectivity index (χ0n) is 11.3. The SMILES string of the molecule is CC(C)(C)C(CCO)NC(=O)c1cccc(F)c1F. The molecule has 19 heavy (non-hydrogen) atoms. The van der Waals surface area contributed by atoms with Crippen LogP contribution in [0.5, 0.6) is 0 Å². The van der Waals surface area contributed by atoms with Crippen LogP contribution in [0.2, 0.25) is 0 Å². The van der Waals surface area contributed by atoms with Crippen molar-refractivity contribution in [1.82, 2.24) is 5.32 Å². The molecular weight excluding hydrogens is 252 g/mol. The summed E-state index contributed by atoms with van der Waals surface area (Å²) in [6.07, 6.45) is 0.353. The van der Waals surface area contributed by atoms with E-state index >= 15 is 0 Å². The van der Waals surface area contributed by atoms with Crippen LogP contribution >= 0.6 is 0 Å². The molecule has 0 saturated carbocycles. The summed E-state index contributed by atoms with van der Waals surface area (Å²) in [7, 11) is 0. The molecule has 0 aromatic heterocycles. The zero-order chi connectivity index (χ0) is 14.6. The molecule has 0 heterocycles. The lowest BCUT2D eigenvalue weighted by Gasteiger charge is -2.31. The summed E-state index contributed by atoms with van der Waals surface area (Å²) in [6.45, 7) is 5.61. The van der Waals surface area contributed by atoms with Crippen LogP contribution in [-0.2, 0) is 0 Å². The molecule has 1 unspecified atom stereocenters. The quantitative estimate of drug-likeness (QED) is 0.884. The van der Waals surface area contributed by atoms with Gasteiger partial charge in [0.1, 0.15) is 0 Å². The van der Waals surface area contributed by atoms with Crippen LogP contribution < -0.4 is 5.32 Å². The second kappa shape index (κ2) is 6.10. The third-order valence-electron chi connectivity index (χ3n) is 2.96. The van der Waals surface area contributed by atoms with Crippen LogP contribution in [0.1, 0.15) is 37.6 Å². The van der Waals surface area contributed by atoms with Gasteiger partial charge in [-0.25, -0.2) is 8.78 Å². The van der Waals surface area contributed by atoms with E-state index in [0.29, 0.717) is 6.42 Å². The molecule has 1 amide bonds. The molecule has 0 bridgehead atoms. The van der Waals surface area contributed by atoms with Gasteiger partial charge in [-0.3, -0.25) is 4.79 Å². The van der Waals surface area contributed by atoms with Crippen LogP contribution in [0.15, 0.2) is 18.2 Å². The molecule has 106 valence electrons. The van der Waals surface area contributed by atoms with Crippen LogP contribution in [0, 0.1) is 17.0 Å². The lowest BCUT2D eigenvalue weighted by Crippen LogP contribution is -2.44. The highest BCUT2D eigenvalue weighted by Gasteiger charge is 2.27. The Morgan fingerprint density at radius 1 is 1.37 bits per heavy atom. The van der Waals surface area contributed by atoms with E-state index < -0.39 is 17.5 Å². The van der Waals surface area contributed by atoms with Gasteiger partial charge in [0, 0.05) is 12.6 Å². The van der Waals surface area contributed by atoms with Gasteiger partial charge in [-0.15, -0.1) is 0 Å². The normalized spacial score (nSPS) is 13.2. The van der Waals surface area contributed by atoms with Gasteiger partial charge >= 0.3 is 0 Å². The van der Waals surface area contributed by atoms with Gasteiger partial charge in [0.2, 0.25) is 0 Å². The van der Waals surface area contributed by atoms with Crippen molar-refractivity contribution in [3.8, 4) is 0 Å². The number of aliphatic hydroxyl groups is 1. The van der Waals surface area contributed by atoms with Crippen molar-refractivity contribution in [2.45, 2.75) is 33.2 Å². The lowest BCUT2D eigenvalue weighted by atomic mass is 9.84. The van der Waals surface area contributed by atoms with Crippen LogP contribution in [0.4, 0.5) is 8.78 Å². The molecule has 0 aliphatic heterocycles. The molecule has 0 spiro atoms. The Bertz CT molecular complexity index is 455. The number of nitrogens with one attached hydrogen (secondary N) is 1. The standard InChI is InChI=1S/C14H19F2NO2/c1-14(2,3)11(7-8-18)17-13(19)9-5-4-6-10(15)12(9)16/h4-6,11,18H,7-8H2,1-3H3,(H,17,19). The van der Waals surface area contributed by atoms with E-state index in [1.165, 1.54) is 12.1 Å². The number of hydrogen-bond donors (Lipinski definition) is 2. The minimum absolute atomic E-state index is 0.0894. The van der Waals surface area contributed by atoms with E-state index in [-0.39, 0.29) is 23.6 Å². The number of halogens is 2. The highest BCUT2D eigenvalue weighted by molar-refractivity contribution is 5.94. The third-order valence-corrected chi connectivity index (χ3v) is 2.96. The number of hydrogen-bond acceptors (Lipinski definition) is 2. The molecule has 1 rings (SSSR count). The smallest absolute Gasteiger partial charge is 0.254 e. The van der Waals surface area contributed by atoms with Crippen molar-refractivity contribution in [3.63, 3.8) is 0 Å². The Balaban J connectivity index is 2.91. The van der Waals surface area contributed by atoms with Crippen molar-refractivity contribution in [3.05, 3.63) is 35.4 Å². The average molecular weight is 271 g/mol. The lowest BCUT2D eigenvalue weighted by molar-refractivity contribution is 0.0880. The maximum Gasteiger partial charge on any atom is 0.254 e. The molecule has 3 nitrogen and oxygen atoms in total. The third kappa shape index (κ3) is 3.99. The van der Waals surface area contributed by atoms with Gasteiger partial charge in [0.05, 0.1) is 5.56 Å². The number of amides is 1. The molecule has 1 aromatic carbocycles. The summed E-state index contributed by atoms with van der Waals surface area (Å²) >= 11 is 0. The number of rotatable bonds is 4. The number of aliphatic hydroxyl groups excluding tert-OH is 1. The second-order valence-electron chi connectivity index (χ2n) is 5.51. The van der Waals surface area contributed by atoms with E-state index in [1.807, 2.05) is 20.8 Å². The molecule has 1 aromatic rings. The van der Waals surface area contributed by atoms with Crippen molar-refractivity contribution in [2.24, 2.45) is 5.41 Å². The van der Waals surface area contributed by atoms with Crippen LogP contribution in [-0.4, -0.2) is 23.7 Å². The van der Waals surface area contributed by atoms with Crippen LogP contribution in [0.25, 0.3) is 0 Å². The van der Waals surface area contributed by atoms with E-state index in [1.54, 1.807) is 0 Å². The van der Waals surface area contributed by atoms with Crippen LogP contribution in [0.3, 0.4) is 0 Å². The van der Waals surface area contributed by atoms with E-state index in [0.717, 1.165) is 6.07 Å². The predicted octanol–water partition coefficient (Wildman–Crippen LogP) is 2.49. The van der Waals surface area contributed by atoms with Gasteiger partial charge in [-0.1, -0.05) is 26.8 Å². The highest BCUT2D eigenvalue weighted by atomic mass is 19.2. The fourth-order valence-electron chi connectivity index (χ4n) is 1.77. The summed E-state index contributed by atoms with van der Waals surface area (Å²) in [5.41, 5.74) is -0.616. The number of benzene rings is 1. The summed E-state index contributed by atoms with van der Waals surface area (Å²) in [4.78, 5) is 12.0. The topological polar surface area (TPSA) is 49.3 Å². The highest BCUT2D eigenvalue weighted by Crippen LogP contribution is 2.22. The van der Waals surface area contributed by atoms with Crippen molar-refractivity contribution in [2.75, 3.05) is 6.61 Å². The molecule has 0 aliphatic rings. The first-order valence-electron chi connectivity index (χ1n) is 6.13. The van der Waals surface area contributed by atoms with Gasteiger partial charge in [0.25, 0.3) is 5.91 Å². The Morgan fingerprint density at radius 2 is 2.00 bits per heavy atom. The molecule has 1 atom stereocenters. The minimum atomic E-state index is -1.16. The Morgan fingerprint density at radius 3 is 2.53 bits per heavy atom. The maximum absolute atomic E-state index is 13.5. The van der Waals surface area contributed by atoms with E-state index in [9.17, 15) is 13.6 Å². The van der Waals surface area contributed by atoms with Gasteiger partial charge in [-0.2, -0.15) is 0 Å². The predicted molar refractivity (Wildman–Crippen MR) is 68.8 cm³/mol. The van der Waals surface area contributed by atoms with Crippen molar-refractivity contribution >= 4 is 5.91 Å². The first kappa shape index (κ1) is 15.6. The minimum Gasteiger partial charge on any atom is -0.396 e. The monoisotopic (exact) mass is 271 g/mol. The molecule has 0 saturated heterocycles. The summed E-state index contributed by atoms with van der Waals surface area (Å²) in [6, 6.07) is 3.14. The maximum atomic E-state index is 13.5. The van der Waals surface area contributed by atoms with Gasteiger partial charge in [-0.05, 0) is 24.0 Å².